The minimum absolute atomic E-state index is 0.0780. The van der Waals surface area contributed by atoms with Crippen LogP contribution in [0.15, 0.2) is 60.7 Å². The lowest BCUT2D eigenvalue weighted by Gasteiger charge is -2.27. The molecule has 1 saturated heterocycles. The van der Waals surface area contributed by atoms with E-state index in [1.54, 1.807) is 29.2 Å². The highest BCUT2D eigenvalue weighted by atomic mass is 19.1. The topological polar surface area (TPSA) is 67.9 Å². The molecule has 1 aliphatic rings. The first-order valence-corrected chi connectivity index (χ1v) is 9.69. The van der Waals surface area contributed by atoms with Crippen molar-refractivity contribution >= 4 is 28.3 Å². The fourth-order valence-electron chi connectivity index (χ4n) is 3.33. The number of halogens is 1. The summed E-state index contributed by atoms with van der Waals surface area (Å²) in [6, 6.07) is 17.0. The standard InChI is InChI=1S/C23H21FN2O4/c24-19-7-3-4-8-20(19)25-22(27)15-30-21-14-17-6-2-1-5-16(17)13-18(21)23(28)26-9-11-29-12-10-26/h1-8,13-14H,9-12,15H2,(H,25,27). The summed E-state index contributed by atoms with van der Waals surface area (Å²) in [5.41, 5.74) is 0.462. The maximum atomic E-state index is 13.7. The zero-order valence-corrected chi connectivity index (χ0v) is 16.3. The van der Waals surface area contributed by atoms with Crippen molar-refractivity contribution in [3.05, 3.63) is 72.0 Å². The SMILES string of the molecule is O=C(COc1cc2ccccc2cc1C(=O)N1CCOCC1)Nc1ccccc1F. The number of amides is 2. The Morgan fingerprint density at radius 3 is 2.40 bits per heavy atom. The number of fused-ring (bicyclic) bond motifs is 1. The molecule has 4 rings (SSSR count). The van der Waals surface area contributed by atoms with Gasteiger partial charge in [-0.25, -0.2) is 4.39 Å². The third kappa shape index (κ3) is 4.41. The molecule has 2 amide bonds. The molecule has 30 heavy (non-hydrogen) atoms. The summed E-state index contributed by atoms with van der Waals surface area (Å²) in [4.78, 5) is 27.1. The van der Waals surface area contributed by atoms with E-state index in [1.807, 2.05) is 24.3 Å². The predicted molar refractivity (Wildman–Crippen MR) is 111 cm³/mol. The maximum absolute atomic E-state index is 13.7. The quantitative estimate of drug-likeness (QED) is 0.702. The lowest BCUT2D eigenvalue weighted by molar-refractivity contribution is -0.118. The van der Waals surface area contributed by atoms with E-state index in [1.165, 1.54) is 12.1 Å². The summed E-state index contributed by atoms with van der Waals surface area (Å²) in [7, 11) is 0. The van der Waals surface area contributed by atoms with Crippen molar-refractivity contribution in [2.24, 2.45) is 0 Å². The molecule has 0 bridgehead atoms. The van der Waals surface area contributed by atoms with Crippen molar-refractivity contribution < 1.29 is 23.5 Å². The minimum Gasteiger partial charge on any atom is -0.483 e. The third-order valence-corrected chi connectivity index (χ3v) is 4.88. The number of anilines is 1. The monoisotopic (exact) mass is 408 g/mol. The maximum Gasteiger partial charge on any atom is 0.262 e. The van der Waals surface area contributed by atoms with Crippen molar-refractivity contribution in [3.63, 3.8) is 0 Å². The third-order valence-electron chi connectivity index (χ3n) is 4.88. The molecule has 6 nitrogen and oxygen atoms in total. The molecule has 1 fully saturated rings. The van der Waals surface area contributed by atoms with Crippen LogP contribution in [0.1, 0.15) is 10.4 Å². The van der Waals surface area contributed by atoms with E-state index in [-0.39, 0.29) is 18.2 Å². The van der Waals surface area contributed by atoms with E-state index < -0.39 is 11.7 Å². The highest BCUT2D eigenvalue weighted by Crippen LogP contribution is 2.28. The summed E-state index contributed by atoms with van der Waals surface area (Å²) in [6.45, 7) is 1.62. The Bertz CT molecular complexity index is 1080. The molecule has 0 atom stereocenters. The van der Waals surface area contributed by atoms with E-state index in [0.29, 0.717) is 37.6 Å². The van der Waals surface area contributed by atoms with Gasteiger partial charge in [0.1, 0.15) is 11.6 Å². The van der Waals surface area contributed by atoms with Crippen molar-refractivity contribution in [3.8, 4) is 5.75 Å². The number of morpholine rings is 1. The molecule has 0 spiro atoms. The van der Waals surface area contributed by atoms with Crippen molar-refractivity contribution in [1.82, 2.24) is 4.90 Å². The van der Waals surface area contributed by atoms with Crippen LogP contribution in [0, 0.1) is 5.82 Å². The zero-order valence-electron chi connectivity index (χ0n) is 16.3. The predicted octanol–water partition coefficient (Wildman–Crippen LogP) is 3.47. The lowest BCUT2D eigenvalue weighted by atomic mass is 10.0. The molecular weight excluding hydrogens is 387 g/mol. The Morgan fingerprint density at radius 2 is 1.67 bits per heavy atom. The van der Waals surface area contributed by atoms with Crippen LogP contribution in [-0.4, -0.2) is 49.6 Å². The van der Waals surface area contributed by atoms with Gasteiger partial charge >= 0.3 is 0 Å². The van der Waals surface area contributed by atoms with E-state index >= 15 is 0 Å². The van der Waals surface area contributed by atoms with Crippen LogP contribution in [0.25, 0.3) is 10.8 Å². The molecule has 7 heteroatoms. The van der Waals surface area contributed by atoms with Gasteiger partial charge in [0, 0.05) is 13.1 Å². The molecule has 3 aromatic rings. The molecule has 1 heterocycles. The molecule has 0 saturated carbocycles. The fraction of sp³-hybridized carbons (Fsp3) is 0.217. The number of hydrogen-bond donors (Lipinski definition) is 1. The van der Waals surface area contributed by atoms with Crippen LogP contribution in [-0.2, 0) is 9.53 Å². The van der Waals surface area contributed by atoms with Crippen LogP contribution in [0.5, 0.6) is 5.75 Å². The number of hydrogen-bond acceptors (Lipinski definition) is 4. The smallest absolute Gasteiger partial charge is 0.262 e. The summed E-state index contributed by atoms with van der Waals surface area (Å²) in [5.74, 6) is -0.903. The Labute approximate surface area is 173 Å². The van der Waals surface area contributed by atoms with Gasteiger partial charge in [-0.05, 0) is 35.0 Å². The van der Waals surface area contributed by atoms with E-state index in [9.17, 15) is 14.0 Å². The van der Waals surface area contributed by atoms with Crippen LogP contribution < -0.4 is 10.1 Å². The van der Waals surface area contributed by atoms with Crippen molar-refractivity contribution in [2.45, 2.75) is 0 Å². The molecule has 0 unspecified atom stereocenters. The first kappa shape index (κ1) is 19.8. The van der Waals surface area contributed by atoms with Crippen LogP contribution >= 0.6 is 0 Å². The molecule has 3 aromatic carbocycles. The second-order valence-electron chi connectivity index (χ2n) is 6.92. The van der Waals surface area contributed by atoms with Gasteiger partial charge in [0.2, 0.25) is 0 Å². The van der Waals surface area contributed by atoms with Crippen LogP contribution in [0.2, 0.25) is 0 Å². The second kappa shape index (κ2) is 8.92. The molecule has 0 aromatic heterocycles. The number of para-hydroxylation sites is 1. The summed E-state index contributed by atoms with van der Waals surface area (Å²) >= 11 is 0. The van der Waals surface area contributed by atoms with Gasteiger partial charge in [-0.2, -0.15) is 0 Å². The highest BCUT2D eigenvalue weighted by Gasteiger charge is 2.23. The molecule has 1 aliphatic heterocycles. The van der Waals surface area contributed by atoms with Gasteiger partial charge in [-0.15, -0.1) is 0 Å². The average molecular weight is 408 g/mol. The van der Waals surface area contributed by atoms with Gasteiger partial charge < -0.3 is 19.7 Å². The lowest BCUT2D eigenvalue weighted by Crippen LogP contribution is -2.40. The van der Waals surface area contributed by atoms with Gasteiger partial charge in [-0.3, -0.25) is 9.59 Å². The number of nitrogens with zero attached hydrogens (tertiary/aromatic N) is 1. The van der Waals surface area contributed by atoms with Crippen LogP contribution in [0.3, 0.4) is 0 Å². The molecular formula is C23H21FN2O4. The fourth-order valence-corrected chi connectivity index (χ4v) is 3.33. The number of rotatable bonds is 5. The molecule has 154 valence electrons. The highest BCUT2D eigenvalue weighted by molar-refractivity contribution is 6.02. The normalized spacial score (nSPS) is 13.8. The molecule has 1 N–H and O–H groups in total. The summed E-state index contributed by atoms with van der Waals surface area (Å²) < 4.78 is 24.8. The van der Waals surface area contributed by atoms with Gasteiger partial charge in [0.15, 0.2) is 6.61 Å². The minimum atomic E-state index is -0.528. The van der Waals surface area contributed by atoms with Crippen LogP contribution in [0.4, 0.5) is 10.1 Å². The summed E-state index contributed by atoms with van der Waals surface area (Å²) in [6.07, 6.45) is 0. The largest absolute Gasteiger partial charge is 0.483 e. The number of ether oxygens (including phenoxy) is 2. The van der Waals surface area contributed by atoms with Crippen molar-refractivity contribution in [1.29, 1.82) is 0 Å². The Morgan fingerprint density at radius 1 is 1.00 bits per heavy atom. The first-order valence-electron chi connectivity index (χ1n) is 9.69. The Balaban J connectivity index is 1.56. The first-order chi connectivity index (χ1) is 14.6. The molecule has 0 aliphatic carbocycles. The number of carbonyl (C=O) groups excluding carboxylic acids is 2. The number of carbonyl (C=O) groups is 2. The zero-order chi connectivity index (χ0) is 20.9. The summed E-state index contributed by atoms with van der Waals surface area (Å²) in [5, 5.41) is 4.27. The second-order valence-corrected chi connectivity index (χ2v) is 6.92. The van der Waals surface area contributed by atoms with E-state index in [2.05, 4.69) is 5.32 Å². The Hall–Kier alpha value is -3.45. The Kier molecular flexibility index (Phi) is 5.90. The van der Waals surface area contributed by atoms with Gasteiger partial charge in [-0.1, -0.05) is 36.4 Å². The van der Waals surface area contributed by atoms with E-state index in [0.717, 1.165) is 10.8 Å². The van der Waals surface area contributed by atoms with E-state index in [4.69, 9.17) is 9.47 Å². The van der Waals surface area contributed by atoms with Gasteiger partial charge in [0.05, 0.1) is 24.5 Å². The van der Waals surface area contributed by atoms with Crippen molar-refractivity contribution in [2.75, 3.05) is 38.2 Å². The van der Waals surface area contributed by atoms with Gasteiger partial charge in [0.25, 0.3) is 11.8 Å². The number of nitrogens with one attached hydrogen (secondary N) is 1. The average Bonchev–Trinajstić information content (AvgIpc) is 2.78. The number of benzene rings is 3. The molecule has 0 radical (unpaired) electrons.